The average molecular weight is 374 g/mol. The van der Waals surface area contributed by atoms with E-state index in [0.29, 0.717) is 21.1 Å². The number of hydrogen-bond acceptors (Lipinski definition) is 5. The van der Waals surface area contributed by atoms with Crippen LogP contribution in [-0.2, 0) is 12.8 Å². The monoisotopic (exact) mass is 373 g/mol. The summed E-state index contributed by atoms with van der Waals surface area (Å²) in [4.78, 5) is 22.8. The first-order valence-corrected chi connectivity index (χ1v) is 9.59. The molecule has 1 aliphatic rings. The molecule has 0 saturated carbocycles. The summed E-state index contributed by atoms with van der Waals surface area (Å²) in [6.45, 7) is 0. The number of thiophene rings is 2. The fourth-order valence-electron chi connectivity index (χ4n) is 2.99. The molecule has 0 radical (unpaired) electrons. The van der Waals surface area contributed by atoms with Gasteiger partial charge < -0.3 is 4.98 Å². The van der Waals surface area contributed by atoms with Gasteiger partial charge in [0.1, 0.15) is 10.9 Å². The van der Waals surface area contributed by atoms with Crippen LogP contribution in [0.5, 0.6) is 0 Å². The molecule has 0 bridgehead atoms. The molecule has 0 aliphatic heterocycles. The molecule has 0 atom stereocenters. The lowest BCUT2D eigenvalue weighted by Gasteiger charge is -2.09. The molecule has 0 aromatic carbocycles. The summed E-state index contributed by atoms with van der Waals surface area (Å²) in [5, 5.41) is 10.2. The molecule has 1 N–H and O–H groups in total. The maximum Gasteiger partial charge on any atom is 0.260 e. The van der Waals surface area contributed by atoms with Crippen molar-refractivity contribution in [3.05, 3.63) is 48.0 Å². The Bertz CT molecular complexity index is 1070. The van der Waals surface area contributed by atoms with E-state index in [4.69, 9.17) is 11.6 Å². The first-order valence-electron chi connectivity index (χ1n) is 7.58. The van der Waals surface area contributed by atoms with Crippen LogP contribution in [0.15, 0.2) is 16.9 Å². The van der Waals surface area contributed by atoms with E-state index in [1.165, 1.54) is 16.2 Å². The first-order chi connectivity index (χ1) is 11.7. The number of aromatic nitrogens is 2. The predicted octanol–water partition coefficient (Wildman–Crippen LogP) is 4.64. The number of nitrogens with zero attached hydrogens (tertiary/aromatic N) is 2. The standard InChI is InChI=1S/C17H12ClN3OS2/c18-13-6-5-10(23-13)7-9(8-19)15-20-16(22)14-11-3-1-2-4-12(11)24-17(14)21-15/h5-7H,1-4H2,(H,20,21,22). The number of hydrogen-bond donors (Lipinski definition) is 1. The SMILES string of the molecule is N#CC(=Cc1ccc(Cl)s1)c1nc2sc3c(c2c(=O)[nH]1)CCCC3. The van der Waals surface area contributed by atoms with Gasteiger partial charge >= 0.3 is 0 Å². The van der Waals surface area contributed by atoms with E-state index >= 15 is 0 Å². The van der Waals surface area contributed by atoms with Crippen LogP contribution in [0.1, 0.15) is 34.0 Å². The van der Waals surface area contributed by atoms with E-state index in [0.717, 1.165) is 41.0 Å². The predicted molar refractivity (Wildman–Crippen MR) is 99.7 cm³/mol. The van der Waals surface area contributed by atoms with E-state index in [2.05, 4.69) is 16.0 Å². The molecule has 0 spiro atoms. The van der Waals surface area contributed by atoms with Crippen molar-refractivity contribution in [2.45, 2.75) is 25.7 Å². The van der Waals surface area contributed by atoms with Crippen LogP contribution in [0.25, 0.3) is 21.9 Å². The number of nitrogens with one attached hydrogen (secondary N) is 1. The second kappa shape index (κ2) is 6.17. The molecular formula is C17H12ClN3OS2. The zero-order valence-electron chi connectivity index (χ0n) is 12.6. The van der Waals surface area contributed by atoms with Gasteiger partial charge in [0.15, 0.2) is 5.82 Å². The van der Waals surface area contributed by atoms with Crippen LogP contribution in [0.2, 0.25) is 4.34 Å². The largest absolute Gasteiger partial charge is 0.305 e. The van der Waals surface area contributed by atoms with Gasteiger partial charge in [0, 0.05) is 9.75 Å². The van der Waals surface area contributed by atoms with Crippen LogP contribution >= 0.6 is 34.3 Å². The smallest absolute Gasteiger partial charge is 0.260 e. The first kappa shape index (κ1) is 15.6. The highest BCUT2D eigenvalue weighted by Gasteiger charge is 2.20. The second-order valence-electron chi connectivity index (χ2n) is 5.62. The van der Waals surface area contributed by atoms with Crippen molar-refractivity contribution in [2.75, 3.05) is 0 Å². The number of nitriles is 1. The highest BCUT2D eigenvalue weighted by Crippen LogP contribution is 2.34. The zero-order chi connectivity index (χ0) is 16.7. The molecule has 0 fully saturated rings. The summed E-state index contributed by atoms with van der Waals surface area (Å²) in [6.07, 6.45) is 5.93. The summed E-state index contributed by atoms with van der Waals surface area (Å²) in [6, 6.07) is 5.74. The van der Waals surface area contributed by atoms with E-state index in [1.807, 2.05) is 6.07 Å². The molecule has 0 saturated heterocycles. The minimum atomic E-state index is -0.153. The van der Waals surface area contributed by atoms with Gasteiger partial charge in [0.25, 0.3) is 5.56 Å². The molecule has 0 amide bonds. The number of fused-ring (bicyclic) bond motifs is 3. The highest BCUT2D eigenvalue weighted by molar-refractivity contribution is 7.18. The second-order valence-corrected chi connectivity index (χ2v) is 8.45. The fourth-order valence-corrected chi connectivity index (χ4v) is 5.26. The Kier molecular flexibility index (Phi) is 4.01. The molecule has 3 aromatic rings. The van der Waals surface area contributed by atoms with Crippen LogP contribution in [0, 0.1) is 11.3 Å². The third kappa shape index (κ3) is 2.69. The summed E-state index contributed by atoms with van der Waals surface area (Å²) >= 11 is 8.89. The maximum absolute atomic E-state index is 12.6. The van der Waals surface area contributed by atoms with Crippen LogP contribution in [0.4, 0.5) is 0 Å². The summed E-state index contributed by atoms with van der Waals surface area (Å²) in [5.74, 6) is 0.318. The molecule has 0 unspecified atom stereocenters. The van der Waals surface area contributed by atoms with Gasteiger partial charge in [0.2, 0.25) is 0 Å². The summed E-state index contributed by atoms with van der Waals surface area (Å²) in [5.41, 5.74) is 1.33. The summed E-state index contributed by atoms with van der Waals surface area (Å²) in [7, 11) is 0. The number of aromatic amines is 1. The lowest BCUT2D eigenvalue weighted by Crippen LogP contribution is -2.12. The van der Waals surface area contributed by atoms with Crippen molar-refractivity contribution >= 4 is 56.1 Å². The topological polar surface area (TPSA) is 69.5 Å². The third-order valence-electron chi connectivity index (χ3n) is 4.08. The molecular weight excluding hydrogens is 362 g/mol. The molecule has 24 heavy (non-hydrogen) atoms. The van der Waals surface area contributed by atoms with Crippen molar-refractivity contribution in [2.24, 2.45) is 0 Å². The van der Waals surface area contributed by atoms with Crippen molar-refractivity contribution < 1.29 is 0 Å². The zero-order valence-corrected chi connectivity index (χ0v) is 14.9. The lowest BCUT2D eigenvalue weighted by molar-refractivity contribution is 0.700. The van der Waals surface area contributed by atoms with Crippen molar-refractivity contribution in [1.29, 1.82) is 5.26 Å². The fraction of sp³-hybridized carbons (Fsp3) is 0.235. The number of allylic oxidation sites excluding steroid dienone is 1. The van der Waals surface area contributed by atoms with Gasteiger partial charge in [-0.25, -0.2) is 4.98 Å². The number of H-pyrrole nitrogens is 1. The van der Waals surface area contributed by atoms with Crippen LogP contribution in [0.3, 0.4) is 0 Å². The average Bonchev–Trinajstić information content (AvgIpc) is 3.15. The molecule has 3 heterocycles. The third-order valence-corrected chi connectivity index (χ3v) is 6.45. The number of rotatable bonds is 2. The van der Waals surface area contributed by atoms with Gasteiger partial charge in [-0.1, -0.05) is 11.6 Å². The Morgan fingerprint density at radius 3 is 2.92 bits per heavy atom. The van der Waals surface area contributed by atoms with Crippen molar-refractivity contribution in [3.8, 4) is 6.07 Å². The number of halogens is 1. The Labute approximate surface area is 151 Å². The van der Waals surface area contributed by atoms with E-state index in [-0.39, 0.29) is 5.56 Å². The molecule has 120 valence electrons. The Balaban J connectivity index is 1.86. The van der Waals surface area contributed by atoms with E-state index in [1.54, 1.807) is 23.5 Å². The lowest BCUT2D eigenvalue weighted by atomic mass is 9.97. The molecule has 1 aliphatic carbocycles. The van der Waals surface area contributed by atoms with Crippen molar-refractivity contribution in [3.63, 3.8) is 0 Å². The molecule has 7 heteroatoms. The quantitative estimate of drug-likeness (QED) is 0.665. The Morgan fingerprint density at radius 2 is 2.17 bits per heavy atom. The van der Waals surface area contributed by atoms with E-state index < -0.39 is 0 Å². The van der Waals surface area contributed by atoms with Gasteiger partial charge in [-0.15, -0.1) is 22.7 Å². The van der Waals surface area contributed by atoms with E-state index in [9.17, 15) is 10.1 Å². The van der Waals surface area contributed by atoms with Gasteiger partial charge in [-0.05, 0) is 49.5 Å². The molecule has 4 rings (SSSR count). The Morgan fingerprint density at radius 1 is 1.33 bits per heavy atom. The minimum absolute atomic E-state index is 0.153. The van der Waals surface area contributed by atoms with Gasteiger partial charge in [-0.2, -0.15) is 5.26 Å². The number of aryl methyl sites for hydroxylation is 2. The normalized spacial score (nSPS) is 14.6. The van der Waals surface area contributed by atoms with Crippen molar-refractivity contribution in [1.82, 2.24) is 9.97 Å². The minimum Gasteiger partial charge on any atom is -0.305 e. The molecule has 3 aromatic heterocycles. The summed E-state index contributed by atoms with van der Waals surface area (Å²) < 4.78 is 0.654. The maximum atomic E-state index is 12.6. The van der Waals surface area contributed by atoms with Gasteiger partial charge in [-0.3, -0.25) is 4.79 Å². The Hall–Kier alpha value is -1.94. The van der Waals surface area contributed by atoms with Gasteiger partial charge in [0.05, 0.1) is 15.3 Å². The molecule has 4 nitrogen and oxygen atoms in total. The highest BCUT2D eigenvalue weighted by atomic mass is 35.5. The van der Waals surface area contributed by atoms with Crippen LogP contribution in [-0.4, -0.2) is 9.97 Å². The van der Waals surface area contributed by atoms with Crippen LogP contribution < -0.4 is 5.56 Å².